The van der Waals surface area contributed by atoms with Crippen molar-refractivity contribution >= 4 is 23.5 Å². The number of imide groups is 1. The first-order chi connectivity index (χ1) is 13.3. The van der Waals surface area contributed by atoms with Gasteiger partial charge in [-0.25, -0.2) is 4.79 Å². The van der Waals surface area contributed by atoms with E-state index in [4.69, 9.17) is 15.2 Å². The number of hydrogen-bond donors (Lipinski definition) is 3. The molecular weight excluding hydrogens is 368 g/mol. The smallest absolute Gasteiger partial charge is 0.332 e. The zero-order valence-corrected chi connectivity index (χ0v) is 14.8. The van der Waals surface area contributed by atoms with Gasteiger partial charge in [-0.05, 0) is 36.8 Å². The van der Waals surface area contributed by atoms with E-state index < -0.39 is 29.9 Å². The molecule has 1 aliphatic rings. The Balaban J connectivity index is 1.75. The third-order valence-corrected chi connectivity index (χ3v) is 4.35. The van der Waals surface area contributed by atoms with Gasteiger partial charge in [0.25, 0.3) is 11.8 Å². The molecule has 2 aromatic rings. The summed E-state index contributed by atoms with van der Waals surface area (Å²) in [5.41, 5.74) is 0.979. The van der Waals surface area contributed by atoms with Gasteiger partial charge in [0, 0.05) is 0 Å². The molecule has 0 radical (unpaired) electrons. The highest BCUT2D eigenvalue weighted by atomic mass is 16.8. The van der Waals surface area contributed by atoms with Crippen molar-refractivity contribution in [1.82, 2.24) is 4.90 Å². The molecule has 0 bridgehead atoms. The van der Waals surface area contributed by atoms with Crippen LogP contribution in [0.5, 0.6) is 0 Å². The van der Waals surface area contributed by atoms with Gasteiger partial charge in [0.05, 0.1) is 22.9 Å². The number of aliphatic hydroxyl groups is 1. The molecule has 2 amide bonds. The highest BCUT2D eigenvalue weighted by Gasteiger charge is 2.45. The zero-order chi connectivity index (χ0) is 20.4. The maximum absolute atomic E-state index is 12.6. The molecule has 0 spiro atoms. The number of hydrogen-bond acceptors (Lipinski definition) is 8. The second kappa shape index (κ2) is 7.77. The lowest BCUT2D eigenvalue weighted by Crippen LogP contribution is -2.51. The minimum absolute atomic E-state index is 0.0540. The summed E-state index contributed by atoms with van der Waals surface area (Å²) in [6.07, 6.45) is -1.34. The lowest BCUT2D eigenvalue weighted by atomic mass is 10.1. The predicted octanol–water partition coefficient (Wildman–Crippen LogP) is 1.36. The molecular formula is C19H18N2O7. The third kappa shape index (κ3) is 3.58. The molecule has 2 aromatic carbocycles. The fraction of sp³-hybridized carbons (Fsp3) is 0.211. The highest BCUT2D eigenvalue weighted by molar-refractivity contribution is 6.22. The molecule has 1 heterocycles. The first-order valence-corrected chi connectivity index (χ1v) is 8.39. The molecule has 3 N–H and O–H groups in total. The van der Waals surface area contributed by atoms with Crippen LogP contribution >= 0.6 is 0 Å². The van der Waals surface area contributed by atoms with Gasteiger partial charge < -0.3 is 9.84 Å². The number of aliphatic hydroxyl groups excluding tert-OH is 1. The van der Waals surface area contributed by atoms with E-state index in [1.807, 2.05) is 0 Å². The van der Waals surface area contributed by atoms with E-state index in [1.165, 1.54) is 43.3 Å². The van der Waals surface area contributed by atoms with Crippen molar-refractivity contribution in [2.24, 2.45) is 0 Å². The maximum Gasteiger partial charge on any atom is 0.332 e. The minimum Gasteiger partial charge on any atom is -0.459 e. The van der Waals surface area contributed by atoms with Crippen LogP contribution in [0.1, 0.15) is 33.2 Å². The van der Waals surface area contributed by atoms with Crippen LogP contribution in [0.15, 0.2) is 48.5 Å². The molecule has 0 aliphatic carbocycles. The van der Waals surface area contributed by atoms with E-state index in [-0.39, 0.29) is 28.6 Å². The van der Waals surface area contributed by atoms with Crippen molar-refractivity contribution in [3.8, 4) is 0 Å². The number of amides is 2. The van der Waals surface area contributed by atoms with Gasteiger partial charge in [0.2, 0.25) is 0 Å². The molecule has 0 aromatic heterocycles. The van der Waals surface area contributed by atoms with Crippen LogP contribution in [0, 0.1) is 0 Å². The van der Waals surface area contributed by atoms with Crippen molar-refractivity contribution in [3.05, 3.63) is 65.2 Å². The number of ether oxygens (including phenoxy) is 1. The number of carbonyl (C=O) groups is 3. The average molecular weight is 386 g/mol. The Hall–Kier alpha value is -3.27. The minimum atomic E-state index is -1.49. The van der Waals surface area contributed by atoms with Crippen molar-refractivity contribution in [2.45, 2.75) is 25.7 Å². The molecule has 2 atom stereocenters. The molecule has 28 heavy (non-hydrogen) atoms. The fourth-order valence-electron chi connectivity index (χ4n) is 2.94. The lowest BCUT2D eigenvalue weighted by Gasteiger charge is -2.26. The van der Waals surface area contributed by atoms with Gasteiger partial charge >= 0.3 is 5.97 Å². The van der Waals surface area contributed by atoms with Crippen molar-refractivity contribution in [2.75, 3.05) is 5.23 Å². The van der Waals surface area contributed by atoms with E-state index >= 15 is 0 Å². The summed E-state index contributed by atoms with van der Waals surface area (Å²) in [5.74, 6) is -2.27. The number of carbonyl (C=O) groups excluding carboxylic acids is 3. The normalized spacial score (nSPS) is 15.2. The number of nitrogens with zero attached hydrogens (tertiary/aromatic N) is 2. The Labute approximate surface area is 159 Å². The summed E-state index contributed by atoms with van der Waals surface area (Å²) in [5, 5.41) is 27.8. The van der Waals surface area contributed by atoms with E-state index in [0.29, 0.717) is 5.56 Å². The van der Waals surface area contributed by atoms with Crippen LogP contribution in [-0.2, 0) is 16.1 Å². The summed E-state index contributed by atoms with van der Waals surface area (Å²) < 4.78 is 5.18. The Morgan fingerprint density at radius 1 is 1.04 bits per heavy atom. The predicted molar refractivity (Wildman–Crippen MR) is 94.7 cm³/mol. The van der Waals surface area contributed by atoms with E-state index in [0.717, 1.165) is 4.90 Å². The van der Waals surface area contributed by atoms with E-state index in [1.54, 1.807) is 12.1 Å². The Morgan fingerprint density at radius 2 is 1.57 bits per heavy atom. The second-order valence-corrected chi connectivity index (χ2v) is 6.27. The first kappa shape index (κ1) is 19.5. The summed E-state index contributed by atoms with van der Waals surface area (Å²) >= 11 is 0. The van der Waals surface area contributed by atoms with Crippen LogP contribution in [0.3, 0.4) is 0 Å². The lowest BCUT2D eigenvalue weighted by molar-refractivity contribution is -0.153. The molecule has 146 valence electrons. The van der Waals surface area contributed by atoms with Gasteiger partial charge in [0.15, 0.2) is 6.04 Å². The van der Waals surface area contributed by atoms with Crippen LogP contribution in [0.4, 0.5) is 5.69 Å². The summed E-state index contributed by atoms with van der Waals surface area (Å²) in [6, 6.07) is 10.5. The number of fused-ring (bicyclic) bond motifs is 1. The van der Waals surface area contributed by atoms with E-state index in [9.17, 15) is 19.5 Å². The second-order valence-electron chi connectivity index (χ2n) is 6.27. The molecule has 3 rings (SSSR count). The van der Waals surface area contributed by atoms with Crippen LogP contribution in [-0.4, -0.2) is 50.4 Å². The van der Waals surface area contributed by atoms with Gasteiger partial charge in [0.1, 0.15) is 6.61 Å². The van der Waals surface area contributed by atoms with Crippen LogP contribution in [0.25, 0.3) is 0 Å². The average Bonchev–Trinajstić information content (AvgIpc) is 2.92. The highest BCUT2D eigenvalue weighted by Crippen LogP contribution is 2.26. The van der Waals surface area contributed by atoms with Crippen molar-refractivity contribution in [3.63, 3.8) is 0 Å². The zero-order valence-electron chi connectivity index (χ0n) is 14.8. The first-order valence-electron chi connectivity index (χ1n) is 8.39. The van der Waals surface area contributed by atoms with Gasteiger partial charge in [-0.15, -0.1) is 5.23 Å². The van der Waals surface area contributed by atoms with Crippen molar-refractivity contribution < 1.29 is 34.6 Å². The molecule has 0 unspecified atom stereocenters. The number of rotatable bonds is 6. The van der Waals surface area contributed by atoms with E-state index in [2.05, 4.69) is 0 Å². The Kier molecular flexibility index (Phi) is 5.41. The molecule has 9 heteroatoms. The maximum atomic E-state index is 12.6. The standard InChI is InChI=1S/C19H18N2O7/c1-11(22)16(20-17(23)14-4-2-3-5-15(14)18(20)24)19(25)28-10-12-6-8-13(9-7-12)21(26)27/h2-9,11,16,22,26-27H,10H2,1H3/t11-,16+/m1/s1. The SMILES string of the molecule is C[C@@H](O)[C@@H](C(=O)OCc1ccc(N(O)O)cc1)N1C(=O)c2ccccc2C1=O. The van der Waals surface area contributed by atoms with Crippen molar-refractivity contribution in [1.29, 1.82) is 0 Å². The molecule has 0 saturated carbocycles. The van der Waals surface area contributed by atoms with Gasteiger partial charge in [-0.2, -0.15) is 0 Å². The van der Waals surface area contributed by atoms with Gasteiger partial charge in [-0.3, -0.25) is 24.9 Å². The molecule has 0 saturated heterocycles. The summed E-state index contributed by atoms with van der Waals surface area (Å²) in [7, 11) is 0. The fourth-order valence-corrected chi connectivity index (χ4v) is 2.94. The largest absolute Gasteiger partial charge is 0.459 e. The Bertz CT molecular complexity index is 874. The van der Waals surface area contributed by atoms with Gasteiger partial charge in [-0.1, -0.05) is 24.3 Å². The number of benzene rings is 2. The topological polar surface area (TPSA) is 128 Å². The number of esters is 1. The number of anilines is 1. The quantitative estimate of drug-likeness (QED) is 0.386. The van der Waals surface area contributed by atoms with Crippen LogP contribution in [0.2, 0.25) is 0 Å². The summed E-state index contributed by atoms with van der Waals surface area (Å²) in [4.78, 5) is 38.4. The third-order valence-electron chi connectivity index (χ3n) is 4.35. The molecule has 1 aliphatic heterocycles. The Morgan fingerprint density at radius 3 is 2.04 bits per heavy atom. The molecule has 0 fully saturated rings. The summed E-state index contributed by atoms with van der Waals surface area (Å²) in [6.45, 7) is 1.10. The molecule has 9 nitrogen and oxygen atoms in total. The van der Waals surface area contributed by atoms with Crippen LogP contribution < -0.4 is 5.23 Å². The monoisotopic (exact) mass is 386 g/mol.